The average molecular weight is 462 g/mol. The Morgan fingerprint density at radius 3 is 0.684 bits per heavy atom. The summed E-state index contributed by atoms with van der Waals surface area (Å²) < 4.78 is 14.8. The fourth-order valence-electron chi connectivity index (χ4n) is 1.53. The molecule has 0 N–H and O–H groups in total. The molecule has 0 bridgehead atoms. The molecule has 0 aliphatic carbocycles. The molecule has 114 valence electrons. The van der Waals surface area contributed by atoms with Gasteiger partial charge in [-0.1, -0.05) is 0 Å². The van der Waals surface area contributed by atoms with Gasteiger partial charge in [-0.3, -0.25) is 0 Å². The van der Waals surface area contributed by atoms with Crippen molar-refractivity contribution in [3.63, 3.8) is 0 Å². The third-order valence-electron chi connectivity index (χ3n) is 2.48. The summed E-state index contributed by atoms with van der Waals surface area (Å²) in [6.45, 7) is 21.1. The van der Waals surface area contributed by atoms with E-state index in [2.05, 4.69) is 0 Å². The van der Waals surface area contributed by atoms with Gasteiger partial charge in [-0.25, -0.2) is 0 Å². The zero-order valence-corrected chi connectivity index (χ0v) is 17.3. The van der Waals surface area contributed by atoms with E-state index < -0.39 is 25.7 Å². The van der Waals surface area contributed by atoms with Crippen molar-refractivity contribution in [3.05, 3.63) is 0 Å². The van der Waals surface area contributed by atoms with Crippen LogP contribution in [0.4, 0.5) is 0 Å². The summed E-state index contributed by atoms with van der Waals surface area (Å²) in [6.07, 6.45) is 7.67. The molecule has 7 heteroatoms. The second-order valence-corrected chi connectivity index (χ2v) is 20.2. The second-order valence-electron chi connectivity index (χ2n) is 4.21. The third kappa shape index (κ3) is 22.4. The predicted molar refractivity (Wildman–Crippen MR) is 77.7 cm³/mol. The molecule has 3 fully saturated rings. The number of hydrogen-bond donors (Lipinski definition) is 0. The molecule has 3 saturated heterocycles. The maximum absolute atomic E-state index is 5.03. The molecular formula is C12H24Cl3LaO3. The van der Waals surface area contributed by atoms with Gasteiger partial charge in [-0.05, 0) is 38.5 Å². The first-order valence-corrected chi connectivity index (χ1v) is 20.5. The van der Waals surface area contributed by atoms with Gasteiger partial charge in [0.15, 0.2) is 0 Å². The summed E-state index contributed by atoms with van der Waals surface area (Å²) in [5.41, 5.74) is 0. The molecule has 0 unspecified atom stereocenters. The van der Waals surface area contributed by atoms with Crippen LogP contribution in [0.3, 0.4) is 0 Å². The fourth-order valence-corrected chi connectivity index (χ4v) is 1.53. The van der Waals surface area contributed by atoms with E-state index in [-0.39, 0.29) is 0 Å². The van der Waals surface area contributed by atoms with Gasteiger partial charge in [0.2, 0.25) is 0 Å². The van der Waals surface area contributed by atoms with Crippen molar-refractivity contribution in [1.82, 2.24) is 0 Å². The van der Waals surface area contributed by atoms with Crippen molar-refractivity contribution in [1.29, 1.82) is 0 Å². The quantitative estimate of drug-likeness (QED) is 0.533. The topological polar surface area (TPSA) is 27.7 Å². The minimum absolute atomic E-state index is 1.00. The Balaban J connectivity index is 0.000000229. The van der Waals surface area contributed by atoms with E-state index in [4.69, 9.17) is 34.6 Å². The molecule has 0 aromatic heterocycles. The maximum atomic E-state index is 5.03. The van der Waals surface area contributed by atoms with Gasteiger partial charge in [0, 0.05) is 39.6 Å². The van der Waals surface area contributed by atoms with E-state index in [0.29, 0.717) is 0 Å². The Morgan fingerprint density at radius 1 is 0.474 bits per heavy atom. The molecule has 0 spiro atoms. The monoisotopic (exact) mass is 460 g/mol. The normalized spacial score (nSPS) is 20.4. The molecule has 3 heterocycles. The van der Waals surface area contributed by atoms with Crippen molar-refractivity contribution in [2.24, 2.45) is 0 Å². The molecule has 19 heavy (non-hydrogen) atoms. The minimum atomic E-state index is -2.31. The fraction of sp³-hybridized carbons (Fsp3) is 1.00. The molecule has 0 aromatic rings. The van der Waals surface area contributed by atoms with Gasteiger partial charge in [0.05, 0.1) is 0 Å². The molecule has 0 aromatic carbocycles. The third-order valence-corrected chi connectivity index (χ3v) is 2.48. The van der Waals surface area contributed by atoms with E-state index in [1.54, 1.807) is 0 Å². The summed E-state index contributed by atoms with van der Waals surface area (Å²) in [4.78, 5) is 0. The van der Waals surface area contributed by atoms with Crippen LogP contribution in [-0.2, 0) is 14.2 Å². The van der Waals surface area contributed by atoms with Crippen LogP contribution < -0.4 is 0 Å². The van der Waals surface area contributed by atoms with Gasteiger partial charge in [-0.15, -0.1) is 0 Å². The van der Waals surface area contributed by atoms with E-state index in [1.165, 1.54) is 38.5 Å². The van der Waals surface area contributed by atoms with Crippen molar-refractivity contribution in [2.45, 2.75) is 38.5 Å². The Bertz CT molecular complexity index is 115. The van der Waals surface area contributed by atoms with Crippen molar-refractivity contribution >= 4 is 20.4 Å². The Morgan fingerprint density at radius 2 is 0.632 bits per heavy atom. The first-order chi connectivity index (χ1) is 9.23. The summed E-state index contributed by atoms with van der Waals surface area (Å²) in [5.74, 6) is 0. The molecule has 0 radical (unpaired) electrons. The van der Waals surface area contributed by atoms with Crippen LogP contribution in [0, 0.1) is 25.7 Å². The molecule has 3 rings (SSSR count). The van der Waals surface area contributed by atoms with Gasteiger partial charge in [0.1, 0.15) is 0 Å². The van der Waals surface area contributed by atoms with Crippen LogP contribution in [0.15, 0.2) is 0 Å². The summed E-state index contributed by atoms with van der Waals surface area (Å²) >= 11 is -2.31. The first-order valence-electron chi connectivity index (χ1n) is 6.89. The summed E-state index contributed by atoms with van der Waals surface area (Å²) in [7, 11) is 0. The van der Waals surface area contributed by atoms with E-state index in [0.717, 1.165) is 39.6 Å². The van der Waals surface area contributed by atoms with Crippen molar-refractivity contribution in [2.75, 3.05) is 39.6 Å². The van der Waals surface area contributed by atoms with E-state index >= 15 is 0 Å². The molecule has 0 amide bonds. The van der Waals surface area contributed by atoms with Crippen molar-refractivity contribution < 1.29 is 39.9 Å². The van der Waals surface area contributed by atoms with E-state index in [9.17, 15) is 0 Å². The molecule has 3 aliphatic rings. The number of rotatable bonds is 0. The first kappa shape index (κ1) is 20.9. The van der Waals surface area contributed by atoms with Gasteiger partial charge >= 0.3 is 46.0 Å². The number of hydrogen-bond acceptors (Lipinski definition) is 3. The van der Waals surface area contributed by atoms with Crippen LogP contribution in [0.2, 0.25) is 0 Å². The van der Waals surface area contributed by atoms with Gasteiger partial charge < -0.3 is 14.2 Å². The standard InChI is InChI=1S/3C4H8O.3ClH.La/c3*1-2-4-5-3-1;;;;/h3*1-4H2;3*1H;/q;;;;;;+3/p-3. The predicted octanol–water partition coefficient (Wildman–Crippen LogP) is 4.46. The summed E-state index contributed by atoms with van der Waals surface area (Å²) in [6, 6.07) is 0. The Labute approximate surface area is 137 Å². The van der Waals surface area contributed by atoms with Crippen LogP contribution in [0.1, 0.15) is 38.5 Å². The van der Waals surface area contributed by atoms with Crippen LogP contribution in [-0.4, -0.2) is 39.6 Å². The number of ether oxygens (including phenoxy) is 3. The molecule has 0 saturated carbocycles. The zero-order chi connectivity index (χ0) is 14.2. The van der Waals surface area contributed by atoms with Crippen molar-refractivity contribution in [3.8, 4) is 0 Å². The molecule has 3 aliphatic heterocycles. The van der Waals surface area contributed by atoms with Crippen LogP contribution in [0.5, 0.6) is 0 Å². The Kier molecular flexibility index (Phi) is 19.8. The summed E-state index contributed by atoms with van der Waals surface area (Å²) in [5, 5.41) is 0. The van der Waals surface area contributed by atoms with E-state index in [1.807, 2.05) is 0 Å². The van der Waals surface area contributed by atoms with Crippen LogP contribution >= 0.6 is 20.4 Å². The second kappa shape index (κ2) is 18.0. The zero-order valence-electron chi connectivity index (χ0n) is 11.4. The molecule has 0 atom stereocenters. The Hall–Kier alpha value is 1.94. The van der Waals surface area contributed by atoms with Gasteiger partial charge in [0.25, 0.3) is 0 Å². The SMILES string of the molecule is C1CCOC1.C1CCOC1.C1CCOC1.[Cl][La]([Cl])[Cl]. The average Bonchev–Trinajstić information content (AvgIpc) is 3.18. The van der Waals surface area contributed by atoms with Crippen LogP contribution in [0.25, 0.3) is 0 Å². The molecule has 3 nitrogen and oxygen atoms in total. The number of halogens is 3. The molecular weight excluding hydrogens is 437 g/mol. The van der Waals surface area contributed by atoms with Gasteiger partial charge in [-0.2, -0.15) is 0 Å².